The van der Waals surface area contributed by atoms with Crippen LogP contribution in [0, 0.1) is 0 Å². The lowest BCUT2D eigenvalue weighted by atomic mass is 10.1. The lowest BCUT2D eigenvalue weighted by Crippen LogP contribution is -2.34. The molecule has 1 aromatic heterocycles. The van der Waals surface area contributed by atoms with E-state index in [4.69, 9.17) is 0 Å². The number of likely N-dealkylation sites (N-methyl/N-ethyl adjacent to an activating group) is 1. The Morgan fingerprint density at radius 2 is 1.85 bits per heavy atom. The molecule has 1 unspecified atom stereocenters. The van der Waals surface area contributed by atoms with E-state index in [0.717, 1.165) is 5.56 Å². The van der Waals surface area contributed by atoms with Gasteiger partial charge in [0, 0.05) is 12.1 Å². The second kappa shape index (κ2) is 8.40. The van der Waals surface area contributed by atoms with Crippen LogP contribution in [0.4, 0.5) is 0 Å². The van der Waals surface area contributed by atoms with Crippen LogP contribution >= 0.6 is 0 Å². The monoisotopic (exact) mass is 349 g/mol. The molecule has 0 aliphatic carbocycles. The van der Waals surface area contributed by atoms with E-state index in [0.29, 0.717) is 18.7 Å². The second-order valence-corrected chi connectivity index (χ2v) is 6.39. The van der Waals surface area contributed by atoms with E-state index in [1.54, 1.807) is 11.0 Å². The summed E-state index contributed by atoms with van der Waals surface area (Å²) in [6.45, 7) is 1.19. The Hall–Kier alpha value is -2.99. The Morgan fingerprint density at radius 1 is 1.12 bits per heavy atom. The third-order valence-electron chi connectivity index (χ3n) is 4.29. The maximum absolute atomic E-state index is 12.5. The minimum Gasteiger partial charge on any atom is -0.350 e. The quantitative estimate of drug-likeness (QED) is 0.711. The first-order valence-corrected chi connectivity index (χ1v) is 8.54. The molecule has 2 aromatic carbocycles. The lowest BCUT2D eigenvalue weighted by molar-refractivity contribution is 0.0942. The molecule has 1 atom stereocenters. The summed E-state index contributed by atoms with van der Waals surface area (Å²) in [6.07, 6.45) is 3.18. The van der Waals surface area contributed by atoms with Gasteiger partial charge >= 0.3 is 0 Å². The fraction of sp³-hybridized carbons (Fsp3) is 0.250. The summed E-state index contributed by atoms with van der Waals surface area (Å²) in [5.74, 6) is -0.0694. The molecule has 0 saturated carbocycles. The minimum atomic E-state index is -0.0694. The molecule has 1 amide bonds. The van der Waals surface area contributed by atoms with Crippen LogP contribution in [-0.2, 0) is 6.54 Å². The highest BCUT2D eigenvalue weighted by Gasteiger charge is 2.15. The third-order valence-corrected chi connectivity index (χ3v) is 4.29. The van der Waals surface area contributed by atoms with Crippen LogP contribution in [-0.4, -0.2) is 46.2 Å². The molecule has 0 aliphatic rings. The molecule has 0 fully saturated rings. The fourth-order valence-electron chi connectivity index (χ4n) is 2.83. The standard InChI is InChI=1S/C20H23N5O/c1-24(2)19(17-6-4-3-5-7-17)12-22-20(26)18-10-8-16(9-11-18)13-25-15-21-14-23-25/h3-11,14-15,19H,12-13H2,1-2H3,(H,22,26). The average Bonchev–Trinajstić information content (AvgIpc) is 3.16. The highest BCUT2D eigenvalue weighted by molar-refractivity contribution is 5.94. The van der Waals surface area contributed by atoms with E-state index >= 15 is 0 Å². The first-order valence-electron chi connectivity index (χ1n) is 8.54. The van der Waals surface area contributed by atoms with Crippen molar-refractivity contribution in [3.63, 3.8) is 0 Å². The molecule has 26 heavy (non-hydrogen) atoms. The summed E-state index contributed by atoms with van der Waals surface area (Å²) in [5.41, 5.74) is 2.90. The molecule has 3 rings (SSSR count). The predicted octanol–water partition coefficient (Wildman–Crippen LogP) is 2.36. The molecule has 0 bridgehead atoms. The molecule has 3 aromatic rings. The number of aromatic nitrogens is 3. The predicted molar refractivity (Wildman–Crippen MR) is 101 cm³/mol. The minimum absolute atomic E-state index is 0.0694. The SMILES string of the molecule is CN(C)C(CNC(=O)c1ccc(Cn2cncn2)cc1)c1ccccc1. The van der Waals surface area contributed by atoms with E-state index in [-0.39, 0.29) is 11.9 Å². The van der Waals surface area contributed by atoms with Crippen molar-refractivity contribution in [2.24, 2.45) is 0 Å². The van der Waals surface area contributed by atoms with Gasteiger partial charge in [0.2, 0.25) is 0 Å². The maximum atomic E-state index is 12.5. The maximum Gasteiger partial charge on any atom is 0.251 e. The molecule has 0 radical (unpaired) electrons. The molecule has 6 heteroatoms. The van der Waals surface area contributed by atoms with Gasteiger partial charge in [0.05, 0.1) is 12.6 Å². The van der Waals surface area contributed by atoms with E-state index in [2.05, 4.69) is 32.4 Å². The Kier molecular flexibility index (Phi) is 5.76. The first kappa shape index (κ1) is 17.8. The summed E-state index contributed by atoms with van der Waals surface area (Å²) in [7, 11) is 4.03. The summed E-state index contributed by atoms with van der Waals surface area (Å²) in [5, 5.41) is 7.12. The van der Waals surface area contributed by atoms with Crippen molar-refractivity contribution in [1.29, 1.82) is 0 Å². The van der Waals surface area contributed by atoms with Gasteiger partial charge in [-0.3, -0.25) is 4.79 Å². The van der Waals surface area contributed by atoms with Crippen LogP contribution in [0.5, 0.6) is 0 Å². The fourth-order valence-corrected chi connectivity index (χ4v) is 2.83. The summed E-state index contributed by atoms with van der Waals surface area (Å²) < 4.78 is 1.75. The molecule has 1 heterocycles. The number of hydrogen-bond acceptors (Lipinski definition) is 4. The molecule has 6 nitrogen and oxygen atoms in total. The zero-order chi connectivity index (χ0) is 18.4. The number of rotatable bonds is 7. The Labute approximate surface area is 153 Å². The molecule has 0 spiro atoms. The van der Waals surface area contributed by atoms with Crippen molar-refractivity contribution < 1.29 is 4.79 Å². The zero-order valence-corrected chi connectivity index (χ0v) is 15.0. The summed E-state index contributed by atoms with van der Waals surface area (Å²) in [6, 6.07) is 17.9. The number of carbonyl (C=O) groups excluding carboxylic acids is 1. The molecule has 0 aliphatic heterocycles. The number of hydrogen-bond donors (Lipinski definition) is 1. The topological polar surface area (TPSA) is 63.1 Å². The number of nitrogens with zero attached hydrogens (tertiary/aromatic N) is 4. The first-order chi connectivity index (χ1) is 12.6. The highest BCUT2D eigenvalue weighted by Crippen LogP contribution is 2.17. The highest BCUT2D eigenvalue weighted by atomic mass is 16.1. The van der Waals surface area contributed by atoms with Crippen molar-refractivity contribution in [2.45, 2.75) is 12.6 Å². The summed E-state index contributed by atoms with van der Waals surface area (Å²) in [4.78, 5) is 18.5. The summed E-state index contributed by atoms with van der Waals surface area (Å²) >= 11 is 0. The lowest BCUT2D eigenvalue weighted by Gasteiger charge is -2.25. The van der Waals surface area contributed by atoms with Gasteiger partial charge < -0.3 is 10.2 Å². The van der Waals surface area contributed by atoms with Gasteiger partial charge in [0.25, 0.3) is 5.91 Å². The van der Waals surface area contributed by atoms with Gasteiger partial charge in [0.15, 0.2) is 0 Å². The molecule has 0 saturated heterocycles. The molecule has 1 N–H and O–H groups in total. The number of amides is 1. The van der Waals surface area contributed by atoms with Crippen molar-refractivity contribution in [2.75, 3.05) is 20.6 Å². The van der Waals surface area contributed by atoms with Gasteiger partial charge in [-0.15, -0.1) is 0 Å². The van der Waals surface area contributed by atoms with Crippen LogP contribution in [0.3, 0.4) is 0 Å². The van der Waals surface area contributed by atoms with Gasteiger partial charge in [0.1, 0.15) is 12.7 Å². The van der Waals surface area contributed by atoms with Crippen LogP contribution in [0.25, 0.3) is 0 Å². The van der Waals surface area contributed by atoms with E-state index in [1.807, 2.05) is 56.6 Å². The normalized spacial score (nSPS) is 12.1. The largest absolute Gasteiger partial charge is 0.350 e. The van der Waals surface area contributed by atoms with E-state index in [9.17, 15) is 4.79 Å². The van der Waals surface area contributed by atoms with Gasteiger partial charge in [-0.2, -0.15) is 5.10 Å². The Bertz CT molecular complexity index is 813. The van der Waals surface area contributed by atoms with Crippen molar-refractivity contribution in [3.8, 4) is 0 Å². The number of benzene rings is 2. The van der Waals surface area contributed by atoms with Crippen molar-refractivity contribution in [3.05, 3.63) is 83.9 Å². The van der Waals surface area contributed by atoms with E-state index < -0.39 is 0 Å². The molecular weight excluding hydrogens is 326 g/mol. The number of carbonyl (C=O) groups is 1. The molecule has 134 valence electrons. The van der Waals surface area contributed by atoms with Crippen LogP contribution in [0.2, 0.25) is 0 Å². The van der Waals surface area contributed by atoms with E-state index in [1.165, 1.54) is 11.9 Å². The average molecular weight is 349 g/mol. The van der Waals surface area contributed by atoms with Crippen molar-refractivity contribution >= 4 is 5.91 Å². The second-order valence-electron chi connectivity index (χ2n) is 6.39. The third kappa shape index (κ3) is 4.55. The van der Waals surface area contributed by atoms with Crippen molar-refractivity contribution in [1.82, 2.24) is 25.0 Å². The Balaban J connectivity index is 1.60. The van der Waals surface area contributed by atoms with Crippen LogP contribution in [0.1, 0.15) is 27.5 Å². The number of nitrogens with one attached hydrogen (secondary N) is 1. The smallest absolute Gasteiger partial charge is 0.251 e. The van der Waals surface area contributed by atoms with Crippen LogP contribution in [0.15, 0.2) is 67.3 Å². The molecular formula is C20H23N5O. The van der Waals surface area contributed by atoms with Gasteiger partial charge in [-0.05, 0) is 37.4 Å². The van der Waals surface area contributed by atoms with Gasteiger partial charge in [-0.1, -0.05) is 42.5 Å². The Morgan fingerprint density at radius 3 is 2.46 bits per heavy atom. The zero-order valence-electron chi connectivity index (χ0n) is 15.0. The van der Waals surface area contributed by atoms with Crippen LogP contribution < -0.4 is 5.32 Å². The van der Waals surface area contributed by atoms with Gasteiger partial charge in [-0.25, -0.2) is 9.67 Å².